The van der Waals surface area contributed by atoms with Crippen LogP contribution in [0.15, 0.2) is 0 Å². The fourth-order valence-corrected chi connectivity index (χ4v) is 10.4. The first-order valence-corrected chi connectivity index (χ1v) is 21.2. The van der Waals surface area contributed by atoms with Crippen LogP contribution >= 0.6 is 0 Å². The van der Waals surface area contributed by atoms with Gasteiger partial charge in [0.2, 0.25) is 0 Å². The topological polar surface area (TPSA) is 17.1 Å². The molecule has 0 amide bonds. The molecule has 4 aliphatic rings. The number of hydrogen-bond donors (Lipinski definition) is 0. The van der Waals surface area contributed by atoms with Crippen LogP contribution in [0.1, 0.15) is 206 Å². The van der Waals surface area contributed by atoms with Crippen molar-refractivity contribution in [1.29, 1.82) is 0 Å². The molecule has 0 spiro atoms. The molecule has 4 rings (SSSR count). The standard InChI is InChI=1S/C43H76F2O/c1-3-5-7-9-33-19-25-39(26-20-33)42(44)31-37-15-11-35(12-16-37)23-29-41(46)30-24-36-13-17-38(18-14-36)32-43(45)40-27-21-34(22-28-40)10-8-6-4-2/h33-40,42-43H,3-32H2,1-2H3/t33-,34-,35-,36?,37-,38?,39-,40-,42?,43?. The van der Waals surface area contributed by atoms with E-state index in [1.54, 1.807) is 0 Å². The third-order valence-corrected chi connectivity index (χ3v) is 14.0. The molecule has 2 unspecified atom stereocenters. The van der Waals surface area contributed by atoms with Crippen LogP contribution in [0.5, 0.6) is 0 Å². The lowest BCUT2D eigenvalue weighted by Gasteiger charge is -2.34. The zero-order valence-corrected chi connectivity index (χ0v) is 30.7. The van der Waals surface area contributed by atoms with Crippen LogP contribution in [0, 0.1) is 47.3 Å². The molecule has 0 saturated heterocycles. The summed E-state index contributed by atoms with van der Waals surface area (Å²) in [5.74, 6) is 5.34. The first-order chi connectivity index (χ1) is 22.4. The van der Waals surface area contributed by atoms with Gasteiger partial charge in [-0.05, 0) is 98.7 Å². The zero-order valence-electron chi connectivity index (χ0n) is 30.7. The minimum absolute atomic E-state index is 0.322. The molecule has 0 N–H and O–H groups in total. The molecular weight excluding hydrogens is 570 g/mol. The Morgan fingerprint density at radius 1 is 0.457 bits per heavy atom. The molecule has 0 aromatic heterocycles. The summed E-state index contributed by atoms with van der Waals surface area (Å²) in [4.78, 5) is 12.8. The van der Waals surface area contributed by atoms with Gasteiger partial charge in [-0.1, -0.05) is 142 Å². The molecule has 4 saturated carbocycles. The van der Waals surface area contributed by atoms with Crippen LogP contribution in [0.2, 0.25) is 0 Å². The first-order valence-electron chi connectivity index (χ1n) is 21.2. The lowest BCUT2D eigenvalue weighted by atomic mass is 9.73. The van der Waals surface area contributed by atoms with E-state index in [2.05, 4.69) is 13.8 Å². The summed E-state index contributed by atoms with van der Waals surface area (Å²) in [6.45, 7) is 4.55. The van der Waals surface area contributed by atoms with Crippen molar-refractivity contribution in [3.8, 4) is 0 Å². The molecule has 4 fully saturated rings. The average molecular weight is 647 g/mol. The van der Waals surface area contributed by atoms with Crippen molar-refractivity contribution in [1.82, 2.24) is 0 Å². The summed E-state index contributed by atoms with van der Waals surface area (Å²) in [5, 5.41) is 0. The van der Waals surface area contributed by atoms with Gasteiger partial charge in [0.05, 0.1) is 0 Å². The Kier molecular flexibility index (Phi) is 18.0. The summed E-state index contributed by atoms with van der Waals surface area (Å²) in [7, 11) is 0. The summed E-state index contributed by atoms with van der Waals surface area (Å²) >= 11 is 0. The fourth-order valence-electron chi connectivity index (χ4n) is 10.4. The summed E-state index contributed by atoms with van der Waals surface area (Å²) in [5.41, 5.74) is 0. The molecule has 0 radical (unpaired) electrons. The lowest BCUT2D eigenvalue weighted by molar-refractivity contribution is -0.119. The molecule has 0 heterocycles. The monoisotopic (exact) mass is 647 g/mol. The number of unbranched alkanes of at least 4 members (excludes halogenated alkanes) is 4. The Hall–Kier alpha value is -0.470. The van der Waals surface area contributed by atoms with Crippen LogP contribution in [-0.4, -0.2) is 18.1 Å². The van der Waals surface area contributed by atoms with Crippen molar-refractivity contribution in [3.05, 3.63) is 0 Å². The van der Waals surface area contributed by atoms with E-state index in [1.165, 1.54) is 128 Å². The summed E-state index contributed by atoms with van der Waals surface area (Å²) in [6, 6.07) is 0. The molecular formula is C43H76F2O. The van der Waals surface area contributed by atoms with E-state index in [-0.39, 0.29) is 0 Å². The Morgan fingerprint density at radius 2 is 0.761 bits per heavy atom. The number of carbonyl (C=O) groups is 1. The Balaban J connectivity index is 0.991. The Labute approximate surface area is 285 Å². The first kappa shape index (κ1) is 38.3. The summed E-state index contributed by atoms with van der Waals surface area (Å²) < 4.78 is 30.5. The largest absolute Gasteiger partial charge is 0.300 e. The molecule has 0 bridgehead atoms. The van der Waals surface area contributed by atoms with Gasteiger partial charge in [0, 0.05) is 12.8 Å². The molecule has 0 aromatic rings. The number of ketones is 1. The molecule has 268 valence electrons. The minimum atomic E-state index is -0.585. The summed E-state index contributed by atoms with van der Waals surface area (Å²) in [6.07, 6.45) is 33.8. The highest BCUT2D eigenvalue weighted by Gasteiger charge is 2.32. The highest BCUT2D eigenvalue weighted by molar-refractivity contribution is 5.78. The highest BCUT2D eigenvalue weighted by atomic mass is 19.1. The van der Waals surface area contributed by atoms with Gasteiger partial charge < -0.3 is 0 Å². The Morgan fingerprint density at radius 3 is 1.11 bits per heavy atom. The normalized spacial score (nSPS) is 33.8. The van der Waals surface area contributed by atoms with Crippen molar-refractivity contribution in [2.45, 2.75) is 219 Å². The van der Waals surface area contributed by atoms with Crippen molar-refractivity contribution >= 4 is 5.78 Å². The highest BCUT2D eigenvalue weighted by Crippen LogP contribution is 2.42. The van der Waals surface area contributed by atoms with Crippen molar-refractivity contribution in [3.63, 3.8) is 0 Å². The number of hydrogen-bond acceptors (Lipinski definition) is 1. The van der Waals surface area contributed by atoms with Crippen LogP contribution in [-0.2, 0) is 4.79 Å². The number of carbonyl (C=O) groups excluding carboxylic acids is 1. The van der Waals surface area contributed by atoms with Crippen LogP contribution in [0.4, 0.5) is 8.78 Å². The van der Waals surface area contributed by atoms with E-state index in [4.69, 9.17) is 0 Å². The van der Waals surface area contributed by atoms with Crippen LogP contribution in [0.3, 0.4) is 0 Å². The van der Waals surface area contributed by atoms with Crippen molar-refractivity contribution < 1.29 is 13.6 Å². The number of alkyl halides is 2. The van der Waals surface area contributed by atoms with Gasteiger partial charge in [-0.2, -0.15) is 0 Å². The van der Waals surface area contributed by atoms with Gasteiger partial charge in [0.25, 0.3) is 0 Å². The molecule has 2 atom stereocenters. The van der Waals surface area contributed by atoms with Gasteiger partial charge in [-0.15, -0.1) is 0 Å². The van der Waals surface area contributed by atoms with Gasteiger partial charge in [0.1, 0.15) is 18.1 Å². The second-order valence-electron chi connectivity index (χ2n) is 17.4. The predicted molar refractivity (Wildman–Crippen MR) is 193 cm³/mol. The Bertz CT molecular complexity index is 717. The van der Waals surface area contributed by atoms with Gasteiger partial charge in [-0.25, -0.2) is 8.78 Å². The zero-order chi connectivity index (χ0) is 32.6. The third-order valence-electron chi connectivity index (χ3n) is 14.0. The maximum Gasteiger partial charge on any atom is 0.132 e. The van der Waals surface area contributed by atoms with E-state index >= 15 is 8.78 Å². The maximum atomic E-state index is 15.2. The number of halogens is 2. The van der Waals surface area contributed by atoms with E-state index in [0.717, 1.165) is 76.0 Å². The molecule has 3 heteroatoms. The lowest BCUT2D eigenvalue weighted by Crippen LogP contribution is -2.26. The fraction of sp³-hybridized carbons (Fsp3) is 0.977. The number of Topliss-reactive ketones (excluding diaryl/α,β-unsaturated/α-hetero) is 1. The van der Waals surface area contributed by atoms with E-state index in [0.29, 0.717) is 41.3 Å². The molecule has 46 heavy (non-hydrogen) atoms. The van der Waals surface area contributed by atoms with Crippen LogP contribution in [0.25, 0.3) is 0 Å². The van der Waals surface area contributed by atoms with Crippen LogP contribution < -0.4 is 0 Å². The molecule has 1 nitrogen and oxygen atoms in total. The van der Waals surface area contributed by atoms with E-state index in [1.807, 2.05) is 0 Å². The quantitative estimate of drug-likeness (QED) is 0.120. The smallest absolute Gasteiger partial charge is 0.132 e. The predicted octanol–water partition coefficient (Wildman–Crippen LogP) is 14.0. The maximum absolute atomic E-state index is 15.2. The van der Waals surface area contributed by atoms with E-state index in [9.17, 15) is 4.79 Å². The second kappa shape index (κ2) is 21.6. The molecule has 0 aromatic carbocycles. The SMILES string of the molecule is CCCCC[C@H]1CC[C@H](C(F)CC2CCC(CCC(=O)CC[C@H]3CC[C@H](CC(F)[C@H]4CC[C@H](CCCCC)CC4)CC3)CC2)CC1. The van der Waals surface area contributed by atoms with Crippen molar-refractivity contribution in [2.75, 3.05) is 0 Å². The van der Waals surface area contributed by atoms with Gasteiger partial charge >= 0.3 is 0 Å². The minimum Gasteiger partial charge on any atom is -0.300 e. The molecule has 0 aliphatic heterocycles. The van der Waals surface area contributed by atoms with Gasteiger partial charge in [0.15, 0.2) is 0 Å². The van der Waals surface area contributed by atoms with E-state index < -0.39 is 12.3 Å². The number of rotatable bonds is 20. The van der Waals surface area contributed by atoms with Gasteiger partial charge in [-0.3, -0.25) is 4.79 Å². The van der Waals surface area contributed by atoms with Crippen molar-refractivity contribution in [2.24, 2.45) is 47.3 Å². The second-order valence-corrected chi connectivity index (χ2v) is 17.4. The average Bonchev–Trinajstić information content (AvgIpc) is 3.08. The third kappa shape index (κ3) is 13.8. The molecule has 4 aliphatic carbocycles.